The van der Waals surface area contributed by atoms with Crippen LogP contribution in [0.15, 0.2) is 67.8 Å². The van der Waals surface area contributed by atoms with Crippen LogP contribution in [0.5, 0.6) is 0 Å². The van der Waals surface area contributed by atoms with Crippen LogP contribution in [0.3, 0.4) is 0 Å². The summed E-state index contributed by atoms with van der Waals surface area (Å²) < 4.78 is 5.38. The average molecular weight is 508 g/mol. The highest BCUT2D eigenvalue weighted by Crippen LogP contribution is 2.34. The summed E-state index contributed by atoms with van der Waals surface area (Å²) in [6.07, 6.45) is 9.32. The Kier molecular flexibility index (Phi) is 7.93. The molecular weight excluding hydrogens is 478 g/mol. The first kappa shape index (κ1) is 26.6. The Morgan fingerprint density at radius 1 is 1.32 bits per heavy atom. The Bertz CT molecular complexity index is 1450. The predicted molar refractivity (Wildman–Crippen MR) is 146 cm³/mol. The minimum Gasteiger partial charge on any atom is -0.375 e. The molecular formula is C29H29N7O2. The van der Waals surface area contributed by atoms with Gasteiger partial charge >= 0.3 is 0 Å². The normalized spacial score (nSPS) is 22.3. The number of carbonyl (C=O) groups is 1. The molecule has 1 N–H and O–H groups in total. The second-order valence-electron chi connectivity index (χ2n) is 10.0. The second kappa shape index (κ2) is 11.3. The number of ether oxygens (including phenoxy) is 1. The van der Waals surface area contributed by atoms with E-state index in [2.05, 4.69) is 50.1 Å². The number of anilines is 1. The average Bonchev–Trinajstić information content (AvgIpc) is 3.20. The van der Waals surface area contributed by atoms with Crippen molar-refractivity contribution in [3.05, 3.63) is 64.1 Å². The lowest BCUT2D eigenvalue weighted by atomic mass is 9.84. The van der Waals surface area contributed by atoms with E-state index in [1.54, 1.807) is 26.1 Å². The van der Waals surface area contributed by atoms with E-state index in [1.165, 1.54) is 12.3 Å². The molecule has 0 spiro atoms. The summed E-state index contributed by atoms with van der Waals surface area (Å²) in [7, 11) is 0. The van der Waals surface area contributed by atoms with E-state index in [1.807, 2.05) is 19.2 Å². The first-order valence-electron chi connectivity index (χ1n) is 12.4. The zero-order valence-electron chi connectivity index (χ0n) is 21.9. The van der Waals surface area contributed by atoms with Gasteiger partial charge in [-0.25, -0.2) is 9.98 Å². The first-order chi connectivity index (χ1) is 18.2. The Morgan fingerprint density at radius 3 is 2.84 bits per heavy atom. The third-order valence-electron chi connectivity index (χ3n) is 6.67. The van der Waals surface area contributed by atoms with Crippen LogP contribution in [0.1, 0.15) is 50.8 Å². The fourth-order valence-corrected chi connectivity index (χ4v) is 4.30. The summed E-state index contributed by atoms with van der Waals surface area (Å²) in [4.78, 5) is 31.0. The molecule has 0 bridgehead atoms. The fraction of sp³-hybridized carbons (Fsp3) is 0.379. The van der Waals surface area contributed by atoms with Crippen LogP contribution in [0.2, 0.25) is 0 Å². The van der Waals surface area contributed by atoms with Crippen LogP contribution >= 0.6 is 0 Å². The van der Waals surface area contributed by atoms with Gasteiger partial charge in [0.15, 0.2) is 5.82 Å². The van der Waals surface area contributed by atoms with Gasteiger partial charge in [-0.1, -0.05) is 12.7 Å². The van der Waals surface area contributed by atoms with E-state index < -0.39 is 5.41 Å². The van der Waals surface area contributed by atoms with Gasteiger partial charge in [-0.05, 0) is 56.9 Å². The predicted octanol–water partition coefficient (Wildman–Crippen LogP) is 4.72. The fourth-order valence-electron chi connectivity index (χ4n) is 4.30. The monoisotopic (exact) mass is 507 g/mol. The van der Waals surface area contributed by atoms with Crippen LogP contribution in [0, 0.1) is 40.9 Å². The Morgan fingerprint density at radius 2 is 2.13 bits per heavy atom. The van der Waals surface area contributed by atoms with E-state index in [-0.39, 0.29) is 17.7 Å². The van der Waals surface area contributed by atoms with Crippen molar-refractivity contribution >= 4 is 29.7 Å². The smallest absolute Gasteiger partial charge is 0.256 e. The van der Waals surface area contributed by atoms with E-state index in [0.29, 0.717) is 48.0 Å². The van der Waals surface area contributed by atoms with Gasteiger partial charge in [0.25, 0.3) is 5.91 Å². The molecule has 0 saturated carbocycles. The molecule has 9 heteroatoms. The lowest BCUT2D eigenvalue weighted by Crippen LogP contribution is -2.16. The number of nitrogens with zero attached hydrogens (tertiary/aromatic N) is 6. The molecule has 1 saturated heterocycles. The molecule has 192 valence electrons. The summed E-state index contributed by atoms with van der Waals surface area (Å²) >= 11 is 0. The number of amides is 1. The van der Waals surface area contributed by atoms with Crippen LogP contribution in [0.25, 0.3) is 0 Å². The highest BCUT2D eigenvalue weighted by molar-refractivity contribution is 6.08. The van der Waals surface area contributed by atoms with Crippen molar-refractivity contribution in [2.24, 2.45) is 26.3 Å². The SMILES string of the molecule is Cc1ncc(NC(=O)C2=CC=NC(C(C)(C)C#N)=C=C2)cc1C1C=NC(/N=C2/CCOC2)=C(C#N)CC1C. The van der Waals surface area contributed by atoms with Gasteiger partial charge in [-0.15, -0.1) is 0 Å². The maximum absolute atomic E-state index is 13.0. The van der Waals surface area contributed by atoms with Crippen LogP contribution in [-0.4, -0.2) is 42.2 Å². The number of rotatable bonds is 5. The van der Waals surface area contributed by atoms with Crippen molar-refractivity contribution in [3.8, 4) is 12.1 Å². The molecule has 38 heavy (non-hydrogen) atoms. The Labute approximate surface area is 222 Å². The van der Waals surface area contributed by atoms with E-state index in [0.717, 1.165) is 23.4 Å². The number of hydrogen-bond acceptors (Lipinski definition) is 8. The number of hydrogen-bond donors (Lipinski definition) is 1. The molecule has 4 rings (SSSR count). The number of nitrogens with one attached hydrogen (secondary N) is 1. The van der Waals surface area contributed by atoms with Crippen molar-refractivity contribution < 1.29 is 9.53 Å². The zero-order chi connectivity index (χ0) is 27.3. The number of aryl methyl sites for hydroxylation is 1. The van der Waals surface area contributed by atoms with Crippen LogP contribution < -0.4 is 5.32 Å². The van der Waals surface area contributed by atoms with Gasteiger partial charge in [0, 0.05) is 41.7 Å². The maximum atomic E-state index is 13.0. The summed E-state index contributed by atoms with van der Waals surface area (Å²) in [6.45, 7) is 8.58. The highest BCUT2D eigenvalue weighted by atomic mass is 16.5. The van der Waals surface area contributed by atoms with Gasteiger partial charge < -0.3 is 10.1 Å². The number of aliphatic imine (C=N–C) groups is 3. The molecule has 0 aliphatic carbocycles. The topological polar surface area (TPSA) is 136 Å². The molecule has 9 nitrogen and oxygen atoms in total. The largest absolute Gasteiger partial charge is 0.375 e. The first-order valence-corrected chi connectivity index (χ1v) is 12.4. The standard InChI is InChI=1S/C29H29N7O2/c1-18-11-21(13-30)27(35-22-8-10-38-16-22)34-15-25(18)24-12-23(14-33-19(24)2)36-28(37)20-5-6-26(32-9-7-20)29(3,4)17-31/h5,7,9,12,14-15,18,25H,8,10-11,16H2,1-4H3,(H,36,37)/b35-22-. The summed E-state index contributed by atoms with van der Waals surface area (Å²) in [5, 5.41) is 22.0. The number of nitriles is 2. The third-order valence-corrected chi connectivity index (χ3v) is 6.67. The molecule has 1 fully saturated rings. The molecule has 0 radical (unpaired) electrons. The molecule has 2 atom stereocenters. The molecule has 1 amide bonds. The Hall–Kier alpha value is -4.43. The number of aromatic nitrogens is 1. The van der Waals surface area contributed by atoms with Crippen molar-refractivity contribution in [1.82, 2.24) is 4.98 Å². The minimum absolute atomic E-state index is 0.0631. The van der Waals surface area contributed by atoms with Crippen molar-refractivity contribution in [1.29, 1.82) is 10.5 Å². The maximum Gasteiger partial charge on any atom is 0.256 e. The van der Waals surface area contributed by atoms with Crippen LogP contribution in [-0.2, 0) is 9.53 Å². The number of pyridine rings is 1. The van der Waals surface area contributed by atoms with Crippen molar-refractivity contribution in [2.45, 2.75) is 46.5 Å². The lowest BCUT2D eigenvalue weighted by Gasteiger charge is -2.21. The molecule has 1 aromatic rings. The van der Waals surface area contributed by atoms with Gasteiger partial charge in [0.1, 0.15) is 11.1 Å². The Balaban J connectivity index is 1.57. The van der Waals surface area contributed by atoms with Crippen LogP contribution in [0.4, 0.5) is 5.69 Å². The van der Waals surface area contributed by atoms with E-state index in [4.69, 9.17) is 4.74 Å². The van der Waals surface area contributed by atoms with E-state index >= 15 is 0 Å². The van der Waals surface area contributed by atoms with Crippen molar-refractivity contribution in [3.63, 3.8) is 0 Å². The minimum atomic E-state index is -0.823. The molecule has 2 unspecified atom stereocenters. The molecule has 4 heterocycles. The summed E-state index contributed by atoms with van der Waals surface area (Å²) in [5.41, 5.74) is 6.67. The third kappa shape index (κ3) is 5.92. The van der Waals surface area contributed by atoms with Gasteiger partial charge in [0.2, 0.25) is 0 Å². The lowest BCUT2D eigenvalue weighted by molar-refractivity contribution is -0.112. The van der Waals surface area contributed by atoms with Gasteiger partial charge in [-0.2, -0.15) is 10.5 Å². The molecule has 1 aromatic heterocycles. The molecule has 3 aliphatic heterocycles. The van der Waals surface area contributed by atoms with E-state index in [9.17, 15) is 15.3 Å². The van der Waals surface area contributed by atoms with Crippen molar-refractivity contribution in [2.75, 3.05) is 18.5 Å². The number of allylic oxidation sites excluding steroid dienone is 2. The molecule has 0 aromatic carbocycles. The zero-order valence-corrected chi connectivity index (χ0v) is 21.9. The summed E-state index contributed by atoms with van der Waals surface area (Å²) in [5.74, 6) is 0.0406. The summed E-state index contributed by atoms with van der Waals surface area (Å²) in [6, 6.07) is 6.37. The van der Waals surface area contributed by atoms with Gasteiger partial charge in [-0.3, -0.25) is 14.8 Å². The van der Waals surface area contributed by atoms with Gasteiger partial charge in [0.05, 0.1) is 42.8 Å². The quantitative estimate of drug-likeness (QED) is 0.575. The second-order valence-corrected chi connectivity index (χ2v) is 10.0. The number of carbonyl (C=O) groups excluding carboxylic acids is 1. The molecule has 3 aliphatic rings. The highest BCUT2D eigenvalue weighted by Gasteiger charge is 2.27.